The molecule has 0 aliphatic carbocycles. The van der Waals surface area contributed by atoms with Gasteiger partial charge in [-0.05, 0) is 74.9 Å². The van der Waals surface area contributed by atoms with E-state index in [0.29, 0.717) is 6.42 Å². The molecule has 3 aliphatic rings. The van der Waals surface area contributed by atoms with Crippen LogP contribution in [0.25, 0.3) is 0 Å². The quantitative estimate of drug-likeness (QED) is 0.191. The van der Waals surface area contributed by atoms with Gasteiger partial charge in [0.25, 0.3) is 0 Å². The highest BCUT2D eigenvalue weighted by molar-refractivity contribution is 5.83. The van der Waals surface area contributed by atoms with E-state index in [0.717, 1.165) is 0 Å². The zero-order valence-corrected chi connectivity index (χ0v) is 37.6. The van der Waals surface area contributed by atoms with E-state index in [1.807, 2.05) is 46.7 Å². The van der Waals surface area contributed by atoms with Crippen molar-refractivity contribution >= 4 is 11.8 Å². The molecule has 0 saturated carbocycles. The molecule has 334 valence electrons. The Balaban J connectivity index is 2.23. The van der Waals surface area contributed by atoms with Crippen molar-refractivity contribution in [3.8, 4) is 0 Å². The molecule has 0 radical (unpaired) electrons. The van der Waals surface area contributed by atoms with E-state index in [1.165, 1.54) is 21.1 Å². The lowest BCUT2D eigenvalue weighted by atomic mass is 9.73. The molecule has 0 bridgehead atoms. The number of hydrogen-bond acceptors (Lipinski definition) is 15. The van der Waals surface area contributed by atoms with Gasteiger partial charge in [0.2, 0.25) is 0 Å². The summed E-state index contributed by atoms with van der Waals surface area (Å²) < 4.78 is 44.8. The second kappa shape index (κ2) is 19.6. The van der Waals surface area contributed by atoms with Crippen molar-refractivity contribution in [3.05, 3.63) is 0 Å². The van der Waals surface area contributed by atoms with Crippen LogP contribution < -0.4 is 5.32 Å². The summed E-state index contributed by atoms with van der Waals surface area (Å²) >= 11 is 0. The summed E-state index contributed by atoms with van der Waals surface area (Å²) in [5, 5.41) is 50.3. The number of likely N-dealkylation sites (N-methyl/N-ethyl adjacent to an activating group) is 1. The van der Waals surface area contributed by atoms with Crippen molar-refractivity contribution in [2.45, 2.75) is 199 Å². The molecule has 5 N–H and O–H groups in total. The minimum absolute atomic E-state index is 0.0799. The lowest BCUT2D eigenvalue weighted by Crippen LogP contribution is -2.70. The van der Waals surface area contributed by atoms with E-state index in [9.17, 15) is 30.0 Å². The molecular weight excluding hydrogens is 740 g/mol. The van der Waals surface area contributed by atoms with E-state index in [1.54, 1.807) is 48.5 Å². The molecule has 57 heavy (non-hydrogen) atoms. The van der Waals surface area contributed by atoms with Crippen molar-refractivity contribution < 1.29 is 63.2 Å². The van der Waals surface area contributed by atoms with Gasteiger partial charge in [-0.3, -0.25) is 9.59 Å². The number of nitrogens with zero attached hydrogens (tertiary/aromatic N) is 1. The van der Waals surface area contributed by atoms with E-state index in [4.69, 9.17) is 33.2 Å². The standard InChI is InChI=1S/C42H78N2O13/c1-17-30-41(12,49)35(47)25(6)32(45)23(4)19-39(10,51-15)36(57-38-33(46)29(44(13)14)18-24(5)53-38)26(7)34(27(8)37(48)55-30)56-31-20-40(11,52-16)42(50,28(9)54-31)21-43-22(2)3/h22-31,33-36,38,43,46-47,49-50H,17-21H2,1-16H3/t23-,24-,25+,26+,27-,28+,29+,30-,31+,33-,34+,35-,36-,38+,39-,40-,41-,42?/m1/s1. The van der Waals surface area contributed by atoms with Crippen LogP contribution in [0.4, 0.5) is 0 Å². The van der Waals surface area contributed by atoms with Crippen molar-refractivity contribution in [1.82, 2.24) is 10.2 Å². The first-order valence-electron chi connectivity index (χ1n) is 20.9. The molecule has 3 saturated heterocycles. The maximum Gasteiger partial charge on any atom is 0.311 e. The van der Waals surface area contributed by atoms with Crippen LogP contribution in [-0.4, -0.2) is 162 Å². The number of carbonyl (C=O) groups excluding carboxylic acids is 2. The molecule has 3 aliphatic heterocycles. The maximum atomic E-state index is 14.4. The van der Waals surface area contributed by atoms with Crippen LogP contribution in [0.1, 0.15) is 109 Å². The topological polar surface area (TPSA) is 195 Å². The molecule has 3 heterocycles. The lowest BCUT2D eigenvalue weighted by molar-refractivity contribution is -0.337. The van der Waals surface area contributed by atoms with Gasteiger partial charge < -0.3 is 63.8 Å². The first-order chi connectivity index (χ1) is 26.2. The fourth-order valence-corrected chi connectivity index (χ4v) is 9.33. The molecular formula is C42H78N2O13. The second-order valence-electron chi connectivity index (χ2n) is 18.5. The third-order valence-corrected chi connectivity index (χ3v) is 13.5. The molecule has 0 amide bonds. The second-order valence-corrected chi connectivity index (χ2v) is 18.5. The molecule has 18 atom stereocenters. The molecule has 15 heteroatoms. The summed E-state index contributed by atoms with van der Waals surface area (Å²) in [5.74, 6) is -4.56. The van der Waals surface area contributed by atoms with Gasteiger partial charge in [-0.2, -0.15) is 0 Å². The van der Waals surface area contributed by atoms with Gasteiger partial charge in [-0.1, -0.05) is 41.5 Å². The largest absolute Gasteiger partial charge is 0.459 e. The zero-order chi connectivity index (χ0) is 43.6. The number of rotatable bonds is 11. The highest BCUT2D eigenvalue weighted by Crippen LogP contribution is 2.44. The van der Waals surface area contributed by atoms with Crippen LogP contribution in [0.5, 0.6) is 0 Å². The minimum Gasteiger partial charge on any atom is -0.459 e. The fourth-order valence-electron chi connectivity index (χ4n) is 9.33. The van der Waals surface area contributed by atoms with Gasteiger partial charge in [0.15, 0.2) is 12.6 Å². The molecule has 0 aromatic carbocycles. The van der Waals surface area contributed by atoms with Gasteiger partial charge in [-0.15, -0.1) is 0 Å². The average Bonchev–Trinajstić information content (AvgIpc) is 3.14. The first-order valence-corrected chi connectivity index (χ1v) is 20.9. The summed E-state index contributed by atoms with van der Waals surface area (Å²) in [6.45, 7) is 21.3. The van der Waals surface area contributed by atoms with Crippen LogP contribution >= 0.6 is 0 Å². The molecule has 3 rings (SSSR count). The number of nitrogens with one attached hydrogen (secondary N) is 1. The minimum atomic E-state index is -1.98. The Hall–Kier alpha value is -1.34. The van der Waals surface area contributed by atoms with Crippen molar-refractivity contribution in [2.75, 3.05) is 34.9 Å². The van der Waals surface area contributed by atoms with E-state index >= 15 is 0 Å². The molecule has 15 nitrogen and oxygen atoms in total. The van der Waals surface area contributed by atoms with Gasteiger partial charge in [0, 0.05) is 57.0 Å². The maximum absolute atomic E-state index is 14.4. The van der Waals surface area contributed by atoms with Crippen LogP contribution in [-0.2, 0) is 42.7 Å². The van der Waals surface area contributed by atoms with Gasteiger partial charge in [0.1, 0.15) is 34.8 Å². The molecule has 0 aromatic heterocycles. The Labute approximate surface area is 341 Å². The van der Waals surface area contributed by atoms with E-state index < -0.39 is 101 Å². The van der Waals surface area contributed by atoms with Crippen molar-refractivity contribution in [2.24, 2.45) is 23.7 Å². The third kappa shape index (κ3) is 10.6. The molecule has 3 fully saturated rings. The highest BCUT2D eigenvalue weighted by Gasteiger charge is 2.59. The van der Waals surface area contributed by atoms with E-state index in [2.05, 4.69) is 5.32 Å². The monoisotopic (exact) mass is 819 g/mol. The summed E-state index contributed by atoms with van der Waals surface area (Å²) in [4.78, 5) is 30.4. The number of ether oxygens (including phenoxy) is 7. The van der Waals surface area contributed by atoms with Crippen molar-refractivity contribution in [3.63, 3.8) is 0 Å². The Morgan fingerprint density at radius 1 is 0.912 bits per heavy atom. The molecule has 1 unspecified atom stereocenters. The van der Waals surface area contributed by atoms with Gasteiger partial charge >= 0.3 is 5.97 Å². The molecule has 0 spiro atoms. The lowest BCUT2D eigenvalue weighted by Gasteiger charge is -2.54. The van der Waals surface area contributed by atoms with Crippen LogP contribution in [0.15, 0.2) is 0 Å². The van der Waals surface area contributed by atoms with Crippen LogP contribution in [0.3, 0.4) is 0 Å². The fraction of sp³-hybridized carbons (Fsp3) is 0.952. The number of Topliss-reactive ketones (excluding diaryl/α,β-unsaturated/α-hetero) is 1. The number of methoxy groups -OCH3 is 2. The SMILES string of the molecule is CC[C@H]1OC(=O)[C@H](C)[C@@H](O[C@H]2C[C@@](C)(OC)C(O)(CNC(C)C)[C@H](C)O2)[C@H](C)[C@@H](O[C@@H]2O[C@H](C)C[C@H](N(C)C)[C@H]2O)[C@](C)(OC)C[C@@H](C)C(=O)[C@H](C)[C@@H](O)[C@]1(C)O. The number of esters is 1. The normalized spacial score (nSPS) is 47.2. The Morgan fingerprint density at radius 3 is 2.05 bits per heavy atom. The first kappa shape index (κ1) is 50.0. The third-order valence-electron chi connectivity index (χ3n) is 13.5. The predicted octanol–water partition coefficient (Wildman–Crippen LogP) is 2.81. The number of aliphatic hydroxyl groups is 4. The number of hydrogen-bond donors (Lipinski definition) is 5. The number of aliphatic hydroxyl groups excluding tert-OH is 2. The van der Waals surface area contributed by atoms with Gasteiger partial charge in [0.05, 0.1) is 42.0 Å². The van der Waals surface area contributed by atoms with E-state index in [-0.39, 0.29) is 49.8 Å². The smallest absolute Gasteiger partial charge is 0.311 e. The highest BCUT2D eigenvalue weighted by atomic mass is 16.7. The zero-order valence-electron chi connectivity index (χ0n) is 37.6. The van der Waals surface area contributed by atoms with Gasteiger partial charge in [-0.25, -0.2) is 0 Å². The van der Waals surface area contributed by atoms with Crippen LogP contribution in [0.2, 0.25) is 0 Å². The number of carbonyl (C=O) groups is 2. The Kier molecular flexibility index (Phi) is 17.2. The summed E-state index contributed by atoms with van der Waals surface area (Å²) in [7, 11) is 6.80. The average molecular weight is 819 g/mol. The van der Waals surface area contributed by atoms with Crippen LogP contribution in [0, 0.1) is 23.7 Å². The Morgan fingerprint density at radius 2 is 1.53 bits per heavy atom. The summed E-state index contributed by atoms with van der Waals surface area (Å²) in [6, 6.07) is -0.213. The van der Waals surface area contributed by atoms with Crippen molar-refractivity contribution in [1.29, 1.82) is 0 Å². The number of ketones is 1. The Bertz CT molecular complexity index is 1320. The predicted molar refractivity (Wildman–Crippen MR) is 213 cm³/mol. The molecule has 0 aromatic rings. The summed E-state index contributed by atoms with van der Waals surface area (Å²) in [6.07, 6.45) is -8.13. The summed E-state index contributed by atoms with van der Waals surface area (Å²) in [5.41, 5.74) is -5.87. The number of cyclic esters (lactones) is 1.